The maximum absolute atomic E-state index is 6.09. The van der Waals surface area contributed by atoms with Crippen LogP contribution in [-0.2, 0) is 16.8 Å². The Morgan fingerprint density at radius 3 is 2.56 bits per heavy atom. The second-order valence-corrected chi connectivity index (χ2v) is 6.39. The molecule has 1 aromatic rings. The van der Waals surface area contributed by atoms with Crippen molar-refractivity contribution in [3.63, 3.8) is 0 Å². The zero-order valence-electron chi connectivity index (χ0n) is 9.06. The van der Waals surface area contributed by atoms with E-state index in [-0.39, 0.29) is 5.60 Å². The summed E-state index contributed by atoms with van der Waals surface area (Å²) >= 11 is 7.37. The van der Waals surface area contributed by atoms with Gasteiger partial charge in [-0.15, -0.1) is 0 Å². The van der Waals surface area contributed by atoms with Crippen molar-refractivity contribution >= 4 is 31.9 Å². The summed E-state index contributed by atoms with van der Waals surface area (Å²) in [5.74, 6) is 0. The van der Waals surface area contributed by atoms with Crippen molar-refractivity contribution in [1.82, 2.24) is 0 Å². The summed E-state index contributed by atoms with van der Waals surface area (Å²) in [6, 6.07) is 4.27. The third-order valence-electron chi connectivity index (χ3n) is 3.77. The van der Waals surface area contributed by atoms with Crippen LogP contribution in [0.4, 0.5) is 0 Å². The molecule has 0 radical (unpaired) electrons. The van der Waals surface area contributed by atoms with Crippen LogP contribution in [-0.4, -0.2) is 6.61 Å². The average Bonchev–Trinajstić information content (AvgIpc) is 2.73. The molecule has 1 atom stereocenters. The second kappa shape index (κ2) is 4.11. The Morgan fingerprint density at radius 1 is 1.06 bits per heavy atom. The number of rotatable bonds is 0. The Bertz CT molecular complexity index is 422. The van der Waals surface area contributed by atoms with Crippen molar-refractivity contribution < 1.29 is 4.74 Å². The molecule has 0 N–H and O–H groups in total. The SMILES string of the molecule is Brc1ccc(Br)c2c1CCCC21CCCO1. The van der Waals surface area contributed by atoms with E-state index < -0.39 is 0 Å². The molecule has 1 fully saturated rings. The average molecular weight is 346 g/mol. The van der Waals surface area contributed by atoms with E-state index >= 15 is 0 Å². The molecule has 1 aliphatic carbocycles. The first-order valence-electron chi connectivity index (χ1n) is 5.84. The Labute approximate surface area is 113 Å². The second-order valence-electron chi connectivity index (χ2n) is 4.68. The van der Waals surface area contributed by atoms with Gasteiger partial charge < -0.3 is 4.74 Å². The van der Waals surface area contributed by atoms with Crippen molar-refractivity contribution in [2.24, 2.45) is 0 Å². The molecule has 1 aromatic carbocycles. The predicted octanol–water partition coefficient (Wildman–Crippen LogP) is 4.55. The Kier molecular flexibility index (Phi) is 2.89. The van der Waals surface area contributed by atoms with Crippen molar-refractivity contribution in [3.8, 4) is 0 Å². The van der Waals surface area contributed by atoms with Gasteiger partial charge in [-0.3, -0.25) is 0 Å². The lowest BCUT2D eigenvalue weighted by Crippen LogP contribution is -2.30. The fourth-order valence-electron chi connectivity index (χ4n) is 3.10. The van der Waals surface area contributed by atoms with Crippen LogP contribution in [0.15, 0.2) is 21.1 Å². The van der Waals surface area contributed by atoms with Gasteiger partial charge in [0.15, 0.2) is 0 Å². The van der Waals surface area contributed by atoms with Crippen LogP contribution in [0.3, 0.4) is 0 Å². The molecule has 0 bridgehead atoms. The van der Waals surface area contributed by atoms with Gasteiger partial charge in [-0.2, -0.15) is 0 Å². The first kappa shape index (κ1) is 11.2. The molecule has 16 heavy (non-hydrogen) atoms. The van der Waals surface area contributed by atoms with Crippen LogP contribution in [0.5, 0.6) is 0 Å². The van der Waals surface area contributed by atoms with Crippen LogP contribution in [0.2, 0.25) is 0 Å². The van der Waals surface area contributed by atoms with Gasteiger partial charge in [-0.05, 0) is 49.8 Å². The van der Waals surface area contributed by atoms with Gasteiger partial charge in [0.25, 0.3) is 0 Å². The predicted molar refractivity (Wildman–Crippen MR) is 71.6 cm³/mol. The minimum absolute atomic E-state index is 0.0101. The van der Waals surface area contributed by atoms with Gasteiger partial charge in [-0.25, -0.2) is 0 Å². The van der Waals surface area contributed by atoms with Crippen molar-refractivity contribution in [3.05, 3.63) is 32.2 Å². The van der Waals surface area contributed by atoms with Crippen LogP contribution in [0, 0.1) is 0 Å². The van der Waals surface area contributed by atoms with Gasteiger partial charge >= 0.3 is 0 Å². The quantitative estimate of drug-likeness (QED) is 0.670. The summed E-state index contributed by atoms with van der Waals surface area (Å²) in [4.78, 5) is 0. The first-order valence-corrected chi connectivity index (χ1v) is 7.43. The monoisotopic (exact) mass is 344 g/mol. The van der Waals surface area contributed by atoms with Crippen LogP contribution >= 0.6 is 31.9 Å². The van der Waals surface area contributed by atoms with Gasteiger partial charge in [0.05, 0.1) is 5.60 Å². The van der Waals surface area contributed by atoms with Crippen LogP contribution in [0.1, 0.15) is 36.8 Å². The van der Waals surface area contributed by atoms with E-state index in [9.17, 15) is 0 Å². The number of benzene rings is 1. The summed E-state index contributed by atoms with van der Waals surface area (Å²) < 4.78 is 8.54. The summed E-state index contributed by atoms with van der Waals surface area (Å²) in [5, 5.41) is 0. The fourth-order valence-corrected chi connectivity index (χ4v) is 4.36. The maximum Gasteiger partial charge on any atom is 0.0946 e. The van der Waals surface area contributed by atoms with Gasteiger partial charge in [0.1, 0.15) is 0 Å². The minimum atomic E-state index is 0.0101. The lowest BCUT2D eigenvalue weighted by molar-refractivity contribution is -0.0146. The normalized spacial score (nSPS) is 28.4. The fraction of sp³-hybridized carbons (Fsp3) is 0.538. The highest BCUT2D eigenvalue weighted by Crippen LogP contribution is 2.49. The number of hydrogen-bond acceptors (Lipinski definition) is 1. The first-order chi connectivity index (χ1) is 7.73. The molecule has 1 aliphatic heterocycles. The lowest BCUT2D eigenvalue weighted by Gasteiger charge is -2.36. The van der Waals surface area contributed by atoms with E-state index in [1.54, 1.807) is 0 Å². The van der Waals surface area contributed by atoms with Crippen LogP contribution < -0.4 is 0 Å². The number of hydrogen-bond donors (Lipinski definition) is 0. The third-order valence-corrected chi connectivity index (χ3v) is 5.17. The Morgan fingerprint density at radius 2 is 1.81 bits per heavy atom. The smallest absolute Gasteiger partial charge is 0.0946 e. The molecule has 86 valence electrons. The molecule has 0 amide bonds. The molecule has 0 saturated carbocycles. The zero-order chi connectivity index (χ0) is 11.2. The molecular weight excluding hydrogens is 332 g/mol. The summed E-state index contributed by atoms with van der Waals surface area (Å²) in [6.45, 7) is 0.915. The van der Waals surface area contributed by atoms with Crippen molar-refractivity contribution in [1.29, 1.82) is 0 Å². The van der Waals surface area contributed by atoms with Gasteiger partial charge in [0, 0.05) is 21.1 Å². The Hall–Kier alpha value is 0.140. The molecule has 1 heterocycles. The topological polar surface area (TPSA) is 9.23 Å². The van der Waals surface area contributed by atoms with E-state index in [0.717, 1.165) is 6.61 Å². The molecule has 1 saturated heterocycles. The highest BCUT2D eigenvalue weighted by molar-refractivity contribution is 9.11. The van der Waals surface area contributed by atoms with Gasteiger partial charge in [0.2, 0.25) is 0 Å². The highest BCUT2D eigenvalue weighted by atomic mass is 79.9. The maximum atomic E-state index is 6.09. The van der Waals surface area contributed by atoms with Crippen molar-refractivity contribution in [2.75, 3.05) is 6.61 Å². The third kappa shape index (κ3) is 1.59. The summed E-state index contributed by atoms with van der Waals surface area (Å²) in [6.07, 6.45) is 5.95. The van der Waals surface area contributed by atoms with Crippen LogP contribution in [0.25, 0.3) is 0 Å². The lowest BCUT2D eigenvalue weighted by atomic mass is 9.77. The van der Waals surface area contributed by atoms with E-state index in [0.29, 0.717) is 0 Å². The summed E-state index contributed by atoms with van der Waals surface area (Å²) in [7, 11) is 0. The molecule has 3 rings (SSSR count). The van der Waals surface area contributed by atoms with Crippen molar-refractivity contribution in [2.45, 2.75) is 37.7 Å². The Balaban J connectivity index is 2.20. The van der Waals surface area contributed by atoms with E-state index in [1.165, 1.54) is 52.2 Å². The van der Waals surface area contributed by atoms with E-state index in [1.807, 2.05) is 0 Å². The number of ether oxygens (including phenoxy) is 1. The number of fused-ring (bicyclic) bond motifs is 2. The molecule has 2 aliphatic rings. The minimum Gasteiger partial charge on any atom is -0.370 e. The molecule has 3 heteroatoms. The summed E-state index contributed by atoms with van der Waals surface area (Å²) in [5.41, 5.74) is 2.86. The van der Waals surface area contributed by atoms with E-state index in [2.05, 4.69) is 44.0 Å². The zero-order valence-corrected chi connectivity index (χ0v) is 12.2. The molecule has 1 nitrogen and oxygen atoms in total. The standard InChI is InChI=1S/C13H14Br2O/c14-10-4-5-11(15)12-9(10)3-1-6-13(12)7-2-8-16-13/h4-5H,1-3,6-8H2. The number of halogens is 2. The van der Waals surface area contributed by atoms with Gasteiger partial charge in [-0.1, -0.05) is 31.9 Å². The molecule has 1 spiro atoms. The largest absolute Gasteiger partial charge is 0.370 e. The van der Waals surface area contributed by atoms with E-state index in [4.69, 9.17) is 4.74 Å². The molecule has 0 aromatic heterocycles. The highest BCUT2D eigenvalue weighted by Gasteiger charge is 2.42. The molecule has 1 unspecified atom stereocenters. The molecular formula is C13H14Br2O.